The molecular weight excluding hydrogens is 295 g/mol. The fourth-order valence-corrected chi connectivity index (χ4v) is 3.02. The highest BCUT2D eigenvalue weighted by Gasteiger charge is 2.16. The summed E-state index contributed by atoms with van der Waals surface area (Å²) in [5.74, 6) is -1.14. The molecule has 0 fully saturated rings. The third-order valence-electron chi connectivity index (χ3n) is 4.13. The molecule has 118 valence electrons. The average molecular weight is 312 g/mol. The first kappa shape index (κ1) is 15.3. The Labute approximate surface area is 134 Å². The number of allylic oxidation sites excluding steroid dienone is 1. The van der Waals surface area contributed by atoms with Crippen molar-refractivity contribution in [1.29, 1.82) is 0 Å². The van der Waals surface area contributed by atoms with Crippen molar-refractivity contribution in [2.75, 3.05) is 7.11 Å². The molecule has 23 heavy (non-hydrogen) atoms. The van der Waals surface area contributed by atoms with Crippen molar-refractivity contribution < 1.29 is 19.0 Å². The van der Waals surface area contributed by atoms with E-state index in [9.17, 15) is 9.18 Å². The monoisotopic (exact) mass is 312 g/mol. The minimum atomic E-state index is -0.936. The van der Waals surface area contributed by atoms with Gasteiger partial charge in [-0.1, -0.05) is 18.2 Å². The molecule has 0 aromatic heterocycles. The van der Waals surface area contributed by atoms with Gasteiger partial charge >= 0.3 is 5.97 Å². The van der Waals surface area contributed by atoms with Crippen LogP contribution in [0.25, 0.3) is 16.7 Å². The predicted molar refractivity (Wildman–Crippen MR) is 86.9 cm³/mol. The Morgan fingerprint density at radius 3 is 2.61 bits per heavy atom. The van der Waals surface area contributed by atoms with E-state index in [1.165, 1.54) is 19.3 Å². The molecule has 1 aliphatic carbocycles. The number of aryl methyl sites for hydroxylation is 1. The van der Waals surface area contributed by atoms with Gasteiger partial charge in [0.2, 0.25) is 0 Å². The first-order valence-corrected chi connectivity index (χ1v) is 7.49. The molecule has 0 heterocycles. The Balaban J connectivity index is 2.06. The van der Waals surface area contributed by atoms with Crippen LogP contribution in [0.4, 0.5) is 4.39 Å². The fraction of sp³-hybridized carbons (Fsp3) is 0.211. The van der Waals surface area contributed by atoms with E-state index in [0.717, 1.165) is 47.1 Å². The SMILES string of the molecule is COc1ccc(-c2ccc3c(c2)/C(=C/C(=O)O)CCC3)cc1F. The molecule has 3 rings (SSSR count). The van der Waals surface area contributed by atoms with Crippen LogP contribution in [0.15, 0.2) is 42.5 Å². The lowest BCUT2D eigenvalue weighted by Crippen LogP contribution is -2.04. The van der Waals surface area contributed by atoms with E-state index >= 15 is 0 Å². The number of benzene rings is 2. The summed E-state index contributed by atoms with van der Waals surface area (Å²) in [6.07, 6.45) is 3.91. The van der Waals surface area contributed by atoms with Crippen LogP contribution in [-0.4, -0.2) is 18.2 Å². The molecule has 0 unspecified atom stereocenters. The second kappa shape index (κ2) is 6.24. The molecule has 0 radical (unpaired) electrons. The molecule has 0 atom stereocenters. The van der Waals surface area contributed by atoms with Gasteiger partial charge in [0.05, 0.1) is 7.11 Å². The van der Waals surface area contributed by atoms with Crippen LogP contribution < -0.4 is 4.74 Å². The van der Waals surface area contributed by atoms with Gasteiger partial charge in [-0.15, -0.1) is 0 Å². The Hall–Kier alpha value is -2.62. The molecule has 0 saturated heterocycles. The van der Waals surface area contributed by atoms with Crippen LogP contribution in [0.1, 0.15) is 24.0 Å². The second-order valence-corrected chi connectivity index (χ2v) is 5.58. The first-order valence-electron chi connectivity index (χ1n) is 7.49. The Morgan fingerprint density at radius 1 is 1.17 bits per heavy atom. The van der Waals surface area contributed by atoms with Crippen LogP contribution in [0, 0.1) is 5.82 Å². The molecule has 0 spiro atoms. The van der Waals surface area contributed by atoms with Gasteiger partial charge in [0.1, 0.15) is 0 Å². The van der Waals surface area contributed by atoms with Crippen LogP contribution in [0.2, 0.25) is 0 Å². The molecule has 1 aliphatic rings. The summed E-state index contributed by atoms with van der Waals surface area (Å²) >= 11 is 0. The van der Waals surface area contributed by atoms with Gasteiger partial charge in [0.25, 0.3) is 0 Å². The zero-order valence-corrected chi connectivity index (χ0v) is 12.8. The second-order valence-electron chi connectivity index (χ2n) is 5.58. The normalized spacial score (nSPS) is 15.3. The van der Waals surface area contributed by atoms with Gasteiger partial charge in [0, 0.05) is 6.08 Å². The topological polar surface area (TPSA) is 46.5 Å². The number of halogens is 1. The molecule has 0 saturated carbocycles. The van der Waals surface area contributed by atoms with Crippen molar-refractivity contribution >= 4 is 11.5 Å². The summed E-state index contributed by atoms with van der Waals surface area (Å²) in [5.41, 5.74) is 4.53. The highest BCUT2D eigenvalue weighted by atomic mass is 19.1. The van der Waals surface area contributed by atoms with Crippen LogP contribution in [-0.2, 0) is 11.2 Å². The summed E-state index contributed by atoms with van der Waals surface area (Å²) in [4.78, 5) is 11.0. The van der Waals surface area contributed by atoms with Crippen LogP contribution >= 0.6 is 0 Å². The van der Waals surface area contributed by atoms with Crippen LogP contribution in [0.5, 0.6) is 5.75 Å². The van der Waals surface area contributed by atoms with Crippen molar-refractivity contribution in [2.45, 2.75) is 19.3 Å². The van der Waals surface area contributed by atoms with Gasteiger partial charge < -0.3 is 9.84 Å². The Kier molecular flexibility index (Phi) is 4.15. The molecule has 0 bridgehead atoms. The number of carboxylic acid groups (broad SMARTS) is 1. The van der Waals surface area contributed by atoms with E-state index in [0.29, 0.717) is 0 Å². The molecule has 0 amide bonds. The average Bonchev–Trinajstić information content (AvgIpc) is 2.54. The zero-order valence-electron chi connectivity index (χ0n) is 12.8. The van der Waals surface area contributed by atoms with E-state index in [4.69, 9.17) is 9.84 Å². The largest absolute Gasteiger partial charge is 0.494 e. The minimum absolute atomic E-state index is 0.207. The molecule has 2 aromatic rings. The summed E-state index contributed by atoms with van der Waals surface area (Å²) in [7, 11) is 1.43. The maximum absolute atomic E-state index is 13.9. The maximum Gasteiger partial charge on any atom is 0.328 e. The number of methoxy groups -OCH3 is 1. The van der Waals surface area contributed by atoms with E-state index in [1.807, 2.05) is 18.2 Å². The van der Waals surface area contributed by atoms with Crippen molar-refractivity contribution in [3.05, 3.63) is 59.4 Å². The number of carboxylic acids is 1. The molecular formula is C19H17FO3. The Morgan fingerprint density at radius 2 is 1.91 bits per heavy atom. The fourth-order valence-electron chi connectivity index (χ4n) is 3.02. The standard InChI is InChI=1S/C19H17FO3/c1-23-18-8-7-14(10-17(18)20)13-6-5-12-3-2-4-15(11-19(21)22)16(12)9-13/h5-11H,2-4H2,1H3,(H,21,22)/b15-11+. The Bertz CT molecular complexity index is 793. The van der Waals surface area contributed by atoms with Gasteiger partial charge in [-0.2, -0.15) is 0 Å². The third-order valence-corrected chi connectivity index (χ3v) is 4.13. The van der Waals surface area contributed by atoms with E-state index < -0.39 is 11.8 Å². The minimum Gasteiger partial charge on any atom is -0.494 e. The van der Waals surface area contributed by atoms with Crippen LogP contribution in [0.3, 0.4) is 0 Å². The number of ether oxygens (including phenoxy) is 1. The van der Waals surface area contributed by atoms with Crippen molar-refractivity contribution in [3.63, 3.8) is 0 Å². The van der Waals surface area contributed by atoms with Gasteiger partial charge in [-0.25, -0.2) is 9.18 Å². The lowest BCUT2D eigenvalue weighted by atomic mass is 9.85. The summed E-state index contributed by atoms with van der Waals surface area (Å²) in [6, 6.07) is 10.7. The van der Waals surface area contributed by atoms with E-state index in [2.05, 4.69) is 0 Å². The number of hydrogen-bond acceptors (Lipinski definition) is 2. The van der Waals surface area contributed by atoms with Crippen molar-refractivity contribution in [1.82, 2.24) is 0 Å². The summed E-state index contributed by atoms with van der Waals surface area (Å²) in [6.45, 7) is 0. The lowest BCUT2D eigenvalue weighted by molar-refractivity contribution is -0.131. The molecule has 4 heteroatoms. The summed E-state index contributed by atoms with van der Waals surface area (Å²) in [5, 5.41) is 9.03. The molecule has 1 N–H and O–H groups in total. The molecule has 0 aliphatic heterocycles. The highest BCUT2D eigenvalue weighted by Crippen LogP contribution is 2.34. The number of hydrogen-bond donors (Lipinski definition) is 1. The smallest absolute Gasteiger partial charge is 0.328 e. The quantitative estimate of drug-likeness (QED) is 0.859. The highest BCUT2D eigenvalue weighted by molar-refractivity contribution is 5.91. The van der Waals surface area contributed by atoms with Gasteiger partial charge in [-0.3, -0.25) is 0 Å². The number of fused-ring (bicyclic) bond motifs is 1. The molecule has 3 nitrogen and oxygen atoms in total. The van der Waals surface area contributed by atoms with E-state index in [1.54, 1.807) is 12.1 Å². The van der Waals surface area contributed by atoms with Crippen molar-refractivity contribution in [2.24, 2.45) is 0 Å². The molecule has 2 aromatic carbocycles. The summed E-state index contributed by atoms with van der Waals surface area (Å²) < 4.78 is 18.8. The maximum atomic E-state index is 13.9. The van der Waals surface area contributed by atoms with Gasteiger partial charge in [-0.05, 0) is 65.3 Å². The van der Waals surface area contributed by atoms with Crippen molar-refractivity contribution in [3.8, 4) is 16.9 Å². The zero-order chi connectivity index (χ0) is 16.4. The number of rotatable bonds is 3. The lowest BCUT2D eigenvalue weighted by Gasteiger charge is -2.20. The first-order chi connectivity index (χ1) is 11.1. The predicted octanol–water partition coefficient (Wildman–Crippen LogP) is 4.31. The third kappa shape index (κ3) is 3.11. The van der Waals surface area contributed by atoms with E-state index in [-0.39, 0.29) is 5.75 Å². The van der Waals surface area contributed by atoms with Gasteiger partial charge in [0.15, 0.2) is 11.6 Å². The number of aliphatic carboxylic acids is 1. The number of carbonyl (C=O) groups is 1.